The third kappa shape index (κ3) is 7.55. The highest BCUT2D eigenvalue weighted by Gasteiger charge is 2.27. The molecule has 3 N–H and O–H groups in total. The van der Waals surface area contributed by atoms with Crippen LogP contribution in [0.15, 0.2) is 30.3 Å². The van der Waals surface area contributed by atoms with Gasteiger partial charge < -0.3 is 10.0 Å². The van der Waals surface area contributed by atoms with Crippen LogP contribution in [0.5, 0.6) is 0 Å². The molecule has 0 amide bonds. The molecule has 0 aliphatic carbocycles. The van der Waals surface area contributed by atoms with Gasteiger partial charge in [-0.15, -0.1) is 0 Å². The van der Waals surface area contributed by atoms with Crippen molar-refractivity contribution in [1.82, 2.24) is 14.1 Å². The molecule has 0 aromatic heterocycles. The van der Waals surface area contributed by atoms with Crippen molar-refractivity contribution in [3.05, 3.63) is 35.9 Å². The van der Waals surface area contributed by atoms with E-state index in [1.165, 1.54) is 29.3 Å². The lowest BCUT2D eigenvalue weighted by molar-refractivity contribution is -0.122. The maximum absolute atomic E-state index is 11.4. The summed E-state index contributed by atoms with van der Waals surface area (Å²) in [4.78, 5) is 13.3. The minimum atomic E-state index is -3.53. The Morgan fingerprint density at radius 1 is 1.07 bits per heavy atom. The molecule has 0 spiro atoms. The molecule has 1 unspecified atom stereocenters. The zero-order chi connectivity index (χ0) is 19.7. The quantitative estimate of drug-likeness (QED) is 0.696. The molecule has 27 heavy (non-hydrogen) atoms. The number of nitrogens with two attached hydrogens (primary N) is 1. The molecule has 3 rings (SSSR count). The Bertz CT molecular complexity index is 663. The normalized spacial score (nSPS) is 22.6. The second-order valence-electron chi connectivity index (χ2n) is 7.08. The number of carbonyl (C=O) groups is 1. The van der Waals surface area contributed by atoms with E-state index in [4.69, 9.17) is 15.0 Å². The minimum absolute atomic E-state index is 0.250. The van der Waals surface area contributed by atoms with E-state index in [-0.39, 0.29) is 6.47 Å². The highest BCUT2D eigenvalue weighted by molar-refractivity contribution is 7.86. The number of hydrogen-bond acceptors (Lipinski definition) is 5. The Balaban J connectivity index is 0.000000817. The fourth-order valence-corrected chi connectivity index (χ4v) is 4.49. The van der Waals surface area contributed by atoms with Gasteiger partial charge in [0.15, 0.2) is 0 Å². The van der Waals surface area contributed by atoms with Gasteiger partial charge in [-0.25, -0.2) is 5.14 Å². The molecule has 2 aliphatic rings. The third-order valence-electron chi connectivity index (χ3n) is 5.06. The molecule has 2 saturated heterocycles. The number of benzene rings is 1. The maximum atomic E-state index is 11.4. The largest absolute Gasteiger partial charge is 0.483 e. The molecule has 1 atom stereocenters. The second kappa shape index (κ2) is 10.7. The van der Waals surface area contributed by atoms with Crippen molar-refractivity contribution in [2.75, 3.05) is 45.8 Å². The van der Waals surface area contributed by atoms with Crippen molar-refractivity contribution in [2.45, 2.75) is 19.4 Å². The van der Waals surface area contributed by atoms with Gasteiger partial charge in [-0.05, 0) is 30.9 Å². The van der Waals surface area contributed by atoms with Crippen LogP contribution in [-0.4, -0.2) is 79.9 Å². The van der Waals surface area contributed by atoms with Crippen LogP contribution in [0.3, 0.4) is 0 Å². The molecule has 0 radical (unpaired) electrons. The van der Waals surface area contributed by atoms with Gasteiger partial charge >= 0.3 is 0 Å². The van der Waals surface area contributed by atoms with Gasteiger partial charge in [0.25, 0.3) is 16.7 Å². The van der Waals surface area contributed by atoms with E-state index in [0.717, 1.165) is 32.7 Å². The summed E-state index contributed by atoms with van der Waals surface area (Å²) in [6.07, 6.45) is 2.51. The van der Waals surface area contributed by atoms with E-state index in [0.29, 0.717) is 19.0 Å². The first-order valence-electron chi connectivity index (χ1n) is 9.26. The van der Waals surface area contributed by atoms with E-state index in [2.05, 4.69) is 40.1 Å². The Morgan fingerprint density at radius 3 is 2.30 bits per heavy atom. The summed E-state index contributed by atoms with van der Waals surface area (Å²) >= 11 is 0. The lowest BCUT2D eigenvalue weighted by Crippen LogP contribution is -2.52. The lowest BCUT2D eigenvalue weighted by Gasteiger charge is -2.38. The van der Waals surface area contributed by atoms with Crippen molar-refractivity contribution in [3.8, 4) is 0 Å². The number of piperazine rings is 1. The van der Waals surface area contributed by atoms with Crippen molar-refractivity contribution in [2.24, 2.45) is 11.1 Å². The van der Waals surface area contributed by atoms with E-state index >= 15 is 0 Å². The van der Waals surface area contributed by atoms with Crippen LogP contribution < -0.4 is 5.14 Å². The van der Waals surface area contributed by atoms with E-state index in [1.807, 2.05) is 0 Å². The molecule has 2 heterocycles. The first kappa shape index (κ1) is 21.8. The van der Waals surface area contributed by atoms with E-state index in [1.54, 1.807) is 0 Å². The average Bonchev–Trinajstić information content (AvgIpc) is 2.63. The summed E-state index contributed by atoms with van der Waals surface area (Å²) in [6.45, 7) is 6.73. The number of nitrogens with zero attached hydrogens (tertiary/aromatic N) is 3. The summed E-state index contributed by atoms with van der Waals surface area (Å²) < 4.78 is 24.1. The molecule has 0 saturated carbocycles. The maximum Gasteiger partial charge on any atom is 0.290 e. The summed E-state index contributed by atoms with van der Waals surface area (Å²) in [5.74, 6) is 0.670. The summed E-state index contributed by atoms with van der Waals surface area (Å²) in [5.41, 5.74) is 1.37. The van der Waals surface area contributed by atoms with Crippen molar-refractivity contribution in [1.29, 1.82) is 0 Å². The van der Waals surface area contributed by atoms with Crippen LogP contribution in [0.2, 0.25) is 0 Å². The predicted molar refractivity (Wildman–Crippen MR) is 104 cm³/mol. The molecular formula is C18H30N4O4S. The van der Waals surface area contributed by atoms with Crippen LogP contribution in [-0.2, 0) is 21.5 Å². The fourth-order valence-electron chi connectivity index (χ4n) is 3.82. The predicted octanol–water partition coefficient (Wildman–Crippen LogP) is 0.421. The standard InChI is InChI=1S/C17H28N4O2S.CH2O2/c18-24(22,23)21-11-9-19(10-12-21)14-17-7-4-8-20(15-17)13-16-5-2-1-3-6-16;2-1-3/h1-3,5-6,17H,4,7-15H2,(H2,18,22,23);1H,(H,2,3). The molecule has 9 heteroatoms. The first-order chi connectivity index (χ1) is 12.9. The molecule has 2 fully saturated rings. The Hall–Kier alpha value is -1.52. The van der Waals surface area contributed by atoms with Gasteiger partial charge in [-0.2, -0.15) is 12.7 Å². The van der Waals surface area contributed by atoms with Gasteiger partial charge in [0.05, 0.1) is 0 Å². The van der Waals surface area contributed by atoms with Crippen molar-refractivity contribution in [3.63, 3.8) is 0 Å². The van der Waals surface area contributed by atoms with Gasteiger partial charge in [-0.1, -0.05) is 30.3 Å². The van der Waals surface area contributed by atoms with Crippen LogP contribution in [0, 0.1) is 5.92 Å². The number of carboxylic acid groups (broad SMARTS) is 1. The van der Waals surface area contributed by atoms with Crippen molar-refractivity contribution >= 4 is 16.7 Å². The smallest absolute Gasteiger partial charge is 0.290 e. The van der Waals surface area contributed by atoms with Gasteiger partial charge in [-0.3, -0.25) is 9.69 Å². The fraction of sp³-hybridized carbons (Fsp3) is 0.611. The lowest BCUT2D eigenvalue weighted by atomic mass is 9.96. The van der Waals surface area contributed by atoms with Gasteiger partial charge in [0.2, 0.25) is 0 Å². The minimum Gasteiger partial charge on any atom is -0.483 e. The summed E-state index contributed by atoms with van der Waals surface area (Å²) in [7, 11) is -3.53. The highest BCUT2D eigenvalue weighted by Crippen LogP contribution is 2.20. The number of piperidine rings is 1. The van der Waals surface area contributed by atoms with Crippen LogP contribution in [0.4, 0.5) is 0 Å². The summed E-state index contributed by atoms with van der Waals surface area (Å²) in [6, 6.07) is 10.6. The van der Waals surface area contributed by atoms with E-state index < -0.39 is 10.2 Å². The zero-order valence-corrected chi connectivity index (χ0v) is 16.4. The molecule has 8 nitrogen and oxygen atoms in total. The third-order valence-corrected chi connectivity index (χ3v) is 6.14. The first-order valence-corrected chi connectivity index (χ1v) is 10.8. The van der Waals surface area contributed by atoms with Crippen LogP contribution in [0.25, 0.3) is 0 Å². The number of likely N-dealkylation sites (tertiary alicyclic amines) is 1. The molecule has 152 valence electrons. The molecular weight excluding hydrogens is 368 g/mol. The van der Waals surface area contributed by atoms with Crippen LogP contribution >= 0.6 is 0 Å². The van der Waals surface area contributed by atoms with Crippen LogP contribution in [0.1, 0.15) is 18.4 Å². The molecule has 0 bridgehead atoms. The Labute approximate surface area is 161 Å². The van der Waals surface area contributed by atoms with Crippen molar-refractivity contribution < 1.29 is 18.3 Å². The SMILES string of the molecule is NS(=O)(=O)N1CCN(CC2CCCN(Cc3ccccc3)C2)CC1.O=CO. The molecule has 1 aromatic rings. The second-order valence-corrected chi connectivity index (χ2v) is 8.63. The summed E-state index contributed by atoms with van der Waals surface area (Å²) in [5, 5.41) is 12.1. The number of rotatable bonds is 5. The topological polar surface area (TPSA) is 107 Å². The highest BCUT2D eigenvalue weighted by atomic mass is 32.2. The average molecular weight is 399 g/mol. The molecule has 1 aromatic carbocycles. The Morgan fingerprint density at radius 2 is 1.70 bits per heavy atom. The van der Waals surface area contributed by atoms with Gasteiger partial charge in [0, 0.05) is 45.8 Å². The van der Waals surface area contributed by atoms with Gasteiger partial charge in [0.1, 0.15) is 0 Å². The molecule has 2 aliphatic heterocycles. The van der Waals surface area contributed by atoms with E-state index in [9.17, 15) is 8.42 Å². The number of hydrogen-bond donors (Lipinski definition) is 2. The monoisotopic (exact) mass is 398 g/mol. The zero-order valence-electron chi connectivity index (χ0n) is 15.6. The Kier molecular flexibility index (Phi) is 8.65.